The van der Waals surface area contributed by atoms with E-state index in [1.807, 2.05) is 30.3 Å². The third-order valence-electron chi connectivity index (χ3n) is 9.37. The van der Waals surface area contributed by atoms with Crippen LogP contribution in [0.3, 0.4) is 0 Å². The van der Waals surface area contributed by atoms with Gasteiger partial charge in [0.05, 0.1) is 11.2 Å². The van der Waals surface area contributed by atoms with Crippen LogP contribution in [0.2, 0.25) is 0 Å². The molecule has 3 aromatic carbocycles. The van der Waals surface area contributed by atoms with Crippen LogP contribution >= 0.6 is 0 Å². The molecular weight excluding hydrogens is 727 g/mol. The molecule has 0 bridgehead atoms. The van der Waals surface area contributed by atoms with Gasteiger partial charge >= 0.3 is 18.2 Å². The maximum atomic E-state index is 15.3. The second-order valence-corrected chi connectivity index (χ2v) is 13.7. The zero-order valence-corrected chi connectivity index (χ0v) is 31.5. The smallest absolute Gasteiger partial charge is 0.410 e. The number of rotatable bonds is 13. The van der Waals surface area contributed by atoms with Crippen LogP contribution in [-0.2, 0) is 38.8 Å². The summed E-state index contributed by atoms with van der Waals surface area (Å²) < 4.78 is 27.6. The highest BCUT2D eigenvalue weighted by Crippen LogP contribution is 2.27. The van der Waals surface area contributed by atoms with Gasteiger partial charge in [0.15, 0.2) is 0 Å². The minimum Gasteiger partial charge on any atom is -0.477 e. The first-order valence-corrected chi connectivity index (χ1v) is 18.2. The Morgan fingerprint density at radius 2 is 1.48 bits per heavy atom. The van der Waals surface area contributed by atoms with Gasteiger partial charge in [-0.05, 0) is 55.2 Å². The number of amides is 4. The highest BCUT2D eigenvalue weighted by atomic mass is 19.1. The number of hydrogen-bond acceptors (Lipinski definition) is 9. The molecule has 1 saturated heterocycles. The summed E-state index contributed by atoms with van der Waals surface area (Å²) >= 11 is 0. The van der Waals surface area contributed by atoms with E-state index in [-0.39, 0.29) is 43.3 Å². The Kier molecular flexibility index (Phi) is 13.3. The third kappa shape index (κ3) is 9.99. The second-order valence-electron chi connectivity index (χ2n) is 13.7. The van der Waals surface area contributed by atoms with Crippen LogP contribution in [0, 0.1) is 11.7 Å². The van der Waals surface area contributed by atoms with Gasteiger partial charge in [0.25, 0.3) is 0 Å². The van der Waals surface area contributed by atoms with Crippen molar-refractivity contribution < 1.29 is 42.9 Å². The van der Waals surface area contributed by atoms with Crippen LogP contribution in [0.15, 0.2) is 77.7 Å². The SMILES string of the molecule is CCn1cc(C(=O)O)c(=O)c2cc(F)c(N3CCN(C(=O)OCc4ccc(NC(=O)[C@H](C)NC(=O)[C@@H](NC(=O)OCc5ccccc5)C(C)C)cc4)CC3)cc21. The van der Waals surface area contributed by atoms with Crippen LogP contribution in [-0.4, -0.2) is 82.8 Å². The molecule has 1 aliphatic rings. The Hall–Kier alpha value is -6.45. The van der Waals surface area contributed by atoms with E-state index < -0.39 is 58.9 Å². The maximum Gasteiger partial charge on any atom is 0.410 e. The van der Waals surface area contributed by atoms with Gasteiger partial charge in [-0.25, -0.2) is 18.8 Å². The lowest BCUT2D eigenvalue weighted by Crippen LogP contribution is -2.53. The molecule has 296 valence electrons. The number of carboxylic acids is 1. The predicted octanol–water partition coefficient (Wildman–Crippen LogP) is 4.71. The van der Waals surface area contributed by atoms with Crippen molar-refractivity contribution in [2.75, 3.05) is 36.4 Å². The molecule has 1 aliphatic heterocycles. The molecule has 1 fully saturated rings. The Morgan fingerprint density at radius 1 is 0.839 bits per heavy atom. The molecule has 4 amide bonds. The molecule has 2 atom stereocenters. The zero-order chi connectivity index (χ0) is 40.5. The highest BCUT2D eigenvalue weighted by Gasteiger charge is 2.28. The average molecular weight is 773 g/mol. The number of piperazine rings is 1. The number of carbonyl (C=O) groups is 5. The van der Waals surface area contributed by atoms with E-state index in [0.29, 0.717) is 36.4 Å². The van der Waals surface area contributed by atoms with E-state index in [1.165, 1.54) is 24.1 Å². The number of pyridine rings is 1. The molecule has 0 saturated carbocycles. The number of benzene rings is 3. The van der Waals surface area contributed by atoms with Crippen molar-refractivity contribution in [1.82, 2.24) is 20.1 Å². The molecule has 16 heteroatoms. The van der Waals surface area contributed by atoms with Crippen molar-refractivity contribution in [3.8, 4) is 0 Å². The van der Waals surface area contributed by atoms with Gasteiger partial charge in [-0.3, -0.25) is 14.4 Å². The van der Waals surface area contributed by atoms with E-state index >= 15 is 4.39 Å². The summed E-state index contributed by atoms with van der Waals surface area (Å²) in [7, 11) is 0. The number of fused-ring (bicyclic) bond motifs is 1. The van der Waals surface area contributed by atoms with E-state index in [9.17, 15) is 33.9 Å². The van der Waals surface area contributed by atoms with Crippen molar-refractivity contribution >= 4 is 52.2 Å². The van der Waals surface area contributed by atoms with Gasteiger partial charge in [0, 0.05) is 50.0 Å². The first kappa shape index (κ1) is 40.7. The number of ether oxygens (including phenoxy) is 2. The molecule has 0 unspecified atom stereocenters. The predicted molar refractivity (Wildman–Crippen MR) is 206 cm³/mol. The fraction of sp³-hybridized carbons (Fsp3) is 0.350. The summed E-state index contributed by atoms with van der Waals surface area (Å²) in [5, 5.41) is 17.3. The van der Waals surface area contributed by atoms with Gasteiger partial charge in [-0.1, -0.05) is 56.3 Å². The quantitative estimate of drug-likeness (QED) is 0.148. The Morgan fingerprint density at radius 3 is 2.11 bits per heavy atom. The first-order valence-electron chi connectivity index (χ1n) is 18.2. The third-order valence-corrected chi connectivity index (χ3v) is 9.37. The average Bonchev–Trinajstić information content (AvgIpc) is 3.19. The highest BCUT2D eigenvalue weighted by molar-refractivity contribution is 5.98. The Labute approximate surface area is 322 Å². The summed E-state index contributed by atoms with van der Waals surface area (Å²) in [5.74, 6) is -3.36. The summed E-state index contributed by atoms with van der Waals surface area (Å²) in [6.07, 6.45) is -0.0481. The number of hydrogen-bond donors (Lipinski definition) is 4. The monoisotopic (exact) mass is 772 g/mol. The lowest BCUT2D eigenvalue weighted by molar-refractivity contribution is -0.128. The van der Waals surface area contributed by atoms with Gasteiger partial charge in [0.2, 0.25) is 17.2 Å². The zero-order valence-electron chi connectivity index (χ0n) is 31.5. The van der Waals surface area contributed by atoms with Crippen LogP contribution in [0.5, 0.6) is 0 Å². The number of aromatic nitrogens is 1. The summed E-state index contributed by atoms with van der Waals surface area (Å²) in [6, 6.07) is 16.5. The molecule has 4 aromatic rings. The van der Waals surface area contributed by atoms with Gasteiger partial charge in [0.1, 0.15) is 36.7 Å². The molecule has 56 heavy (non-hydrogen) atoms. The molecular formula is C40H45FN6O9. The maximum absolute atomic E-state index is 15.3. The molecule has 0 spiro atoms. The normalized spacial score (nSPS) is 13.8. The van der Waals surface area contributed by atoms with Gasteiger partial charge in [-0.15, -0.1) is 0 Å². The summed E-state index contributed by atoms with van der Waals surface area (Å²) in [6.45, 7) is 8.30. The van der Waals surface area contributed by atoms with Crippen LogP contribution in [0.25, 0.3) is 10.9 Å². The van der Waals surface area contributed by atoms with E-state index in [1.54, 1.807) is 54.5 Å². The fourth-order valence-corrected chi connectivity index (χ4v) is 6.15. The number of halogens is 1. The number of aryl methyl sites for hydroxylation is 1. The standard InChI is InChI=1S/C40H45FN6O9/c1-5-45-21-30(38(51)52)35(48)29-19-31(41)33(20-32(29)45)46-15-17-47(18-16-46)40(54)56-23-27-11-13-28(14-12-27)43-36(49)25(4)42-37(50)34(24(2)3)44-39(53)55-22-26-9-7-6-8-10-26/h6-14,19-21,24-25,34H,5,15-18,22-23H2,1-4H3,(H,42,50)(H,43,49)(H,44,53)(H,51,52)/t25-,34-/m0/s1. The topological polar surface area (TPSA) is 189 Å². The molecule has 0 radical (unpaired) electrons. The molecule has 4 N–H and O–H groups in total. The Bertz CT molecular complexity index is 2130. The van der Waals surface area contributed by atoms with E-state index in [0.717, 1.165) is 11.6 Å². The van der Waals surface area contributed by atoms with Crippen molar-refractivity contribution in [3.63, 3.8) is 0 Å². The van der Waals surface area contributed by atoms with Gasteiger partial charge < -0.3 is 44.9 Å². The molecule has 0 aliphatic carbocycles. The van der Waals surface area contributed by atoms with Crippen LogP contribution < -0.4 is 26.3 Å². The molecule has 5 rings (SSSR count). The first-order chi connectivity index (χ1) is 26.7. The van der Waals surface area contributed by atoms with Crippen molar-refractivity contribution in [2.45, 2.75) is 59.5 Å². The number of nitrogens with one attached hydrogen (secondary N) is 3. The lowest BCUT2D eigenvalue weighted by Gasteiger charge is -2.35. The number of aromatic carboxylic acids is 1. The number of carboxylic acid groups (broad SMARTS) is 1. The van der Waals surface area contributed by atoms with E-state index in [2.05, 4.69) is 16.0 Å². The molecule has 15 nitrogen and oxygen atoms in total. The molecule has 1 aromatic heterocycles. The lowest BCUT2D eigenvalue weighted by atomic mass is 10.0. The van der Waals surface area contributed by atoms with Crippen LogP contribution in [0.1, 0.15) is 49.2 Å². The Balaban J connectivity index is 1.07. The molecule has 2 heterocycles. The van der Waals surface area contributed by atoms with E-state index in [4.69, 9.17) is 9.47 Å². The van der Waals surface area contributed by atoms with Crippen molar-refractivity contribution in [2.24, 2.45) is 5.92 Å². The minimum atomic E-state index is -1.38. The minimum absolute atomic E-state index is 0.0196. The van der Waals surface area contributed by atoms with Crippen molar-refractivity contribution in [1.29, 1.82) is 0 Å². The number of anilines is 2. The summed E-state index contributed by atoms with van der Waals surface area (Å²) in [5.41, 5.74) is 1.38. The van der Waals surface area contributed by atoms with Crippen molar-refractivity contribution in [3.05, 3.63) is 106 Å². The fourth-order valence-electron chi connectivity index (χ4n) is 6.15. The number of carbonyl (C=O) groups excluding carboxylic acids is 4. The van der Waals surface area contributed by atoms with Gasteiger partial charge in [-0.2, -0.15) is 0 Å². The number of alkyl carbamates (subject to hydrolysis) is 1. The second kappa shape index (κ2) is 18.3. The number of nitrogens with zero attached hydrogens (tertiary/aromatic N) is 3. The summed E-state index contributed by atoms with van der Waals surface area (Å²) in [4.78, 5) is 78.7. The van der Waals surface area contributed by atoms with Crippen LogP contribution in [0.4, 0.5) is 25.4 Å². The largest absolute Gasteiger partial charge is 0.477 e.